The predicted molar refractivity (Wildman–Crippen MR) is 47.9 cm³/mol. The van der Waals surface area contributed by atoms with E-state index < -0.39 is 11.7 Å². The van der Waals surface area contributed by atoms with Gasteiger partial charge in [-0.05, 0) is 24.5 Å². The average Bonchev–Trinajstić information content (AvgIpc) is 2.15. The van der Waals surface area contributed by atoms with Gasteiger partial charge in [0.2, 0.25) is 0 Å². The van der Waals surface area contributed by atoms with E-state index in [1.165, 1.54) is 12.1 Å². The Kier molecular flexibility index (Phi) is 3.06. The molecule has 14 heavy (non-hydrogen) atoms. The van der Waals surface area contributed by atoms with Crippen LogP contribution in [0.5, 0.6) is 0 Å². The molecular weight excluding hydrogens is 211 g/mol. The summed E-state index contributed by atoms with van der Waals surface area (Å²) in [4.78, 5) is 0.0801. The molecule has 0 heterocycles. The molecule has 0 aliphatic carbocycles. The molecule has 74 valence electrons. The van der Waals surface area contributed by atoms with E-state index in [9.17, 15) is 13.2 Å². The molecule has 5 heteroatoms. The summed E-state index contributed by atoms with van der Waals surface area (Å²) in [5.41, 5.74) is -0.452. The molecule has 1 rings (SSSR count). The lowest BCUT2D eigenvalue weighted by molar-refractivity contribution is -0.139. The second-order valence-corrected chi connectivity index (χ2v) is 3.37. The van der Waals surface area contributed by atoms with Crippen molar-refractivity contribution < 1.29 is 13.2 Å². The van der Waals surface area contributed by atoms with Crippen LogP contribution in [-0.4, -0.2) is 6.26 Å². The summed E-state index contributed by atoms with van der Waals surface area (Å²) in [6.07, 6.45) is -2.81. The third-order valence-electron chi connectivity index (χ3n) is 1.64. The summed E-state index contributed by atoms with van der Waals surface area (Å²) in [6, 6.07) is 5.15. The molecule has 0 aliphatic rings. The zero-order valence-electron chi connectivity index (χ0n) is 7.22. The van der Waals surface area contributed by atoms with E-state index >= 15 is 0 Å². The molecule has 0 atom stereocenters. The van der Waals surface area contributed by atoms with Gasteiger partial charge >= 0.3 is 6.18 Å². The maximum Gasteiger partial charge on any atom is 0.417 e. The maximum atomic E-state index is 12.4. The highest BCUT2D eigenvalue weighted by molar-refractivity contribution is 7.98. The second kappa shape index (κ2) is 3.93. The van der Waals surface area contributed by atoms with Gasteiger partial charge in [-0.1, -0.05) is 0 Å². The summed E-state index contributed by atoms with van der Waals surface area (Å²) in [6.45, 7) is 0. The van der Waals surface area contributed by atoms with Gasteiger partial charge in [-0.3, -0.25) is 0 Å². The number of hydrogen-bond acceptors (Lipinski definition) is 2. The van der Waals surface area contributed by atoms with Crippen LogP contribution in [0.2, 0.25) is 0 Å². The number of thioether (sulfide) groups is 1. The summed E-state index contributed by atoms with van der Waals surface area (Å²) in [7, 11) is 0. The topological polar surface area (TPSA) is 23.8 Å². The van der Waals surface area contributed by atoms with Gasteiger partial charge in [0.1, 0.15) is 0 Å². The number of rotatable bonds is 1. The number of hydrogen-bond donors (Lipinski definition) is 0. The smallest absolute Gasteiger partial charge is 0.192 e. The number of nitriles is 1. The number of nitrogens with zero attached hydrogens (tertiary/aromatic N) is 1. The molecule has 0 fully saturated rings. The Labute approximate surface area is 83.5 Å². The van der Waals surface area contributed by atoms with Crippen molar-refractivity contribution in [3.8, 4) is 6.07 Å². The van der Waals surface area contributed by atoms with Crippen molar-refractivity contribution in [3.05, 3.63) is 29.3 Å². The molecule has 0 N–H and O–H groups in total. The molecule has 0 bridgehead atoms. The van der Waals surface area contributed by atoms with Crippen molar-refractivity contribution in [1.29, 1.82) is 5.26 Å². The van der Waals surface area contributed by atoms with E-state index in [0.717, 1.165) is 17.8 Å². The summed E-state index contributed by atoms with van der Waals surface area (Å²) < 4.78 is 37.1. The van der Waals surface area contributed by atoms with Crippen LogP contribution in [0.15, 0.2) is 23.1 Å². The lowest BCUT2D eigenvalue weighted by atomic mass is 10.1. The molecule has 0 unspecified atom stereocenters. The molecule has 0 spiro atoms. The molecular formula is C9H6F3NS. The Balaban J connectivity index is 3.27. The molecule has 1 aromatic rings. The zero-order chi connectivity index (χ0) is 10.8. The van der Waals surface area contributed by atoms with Crippen LogP contribution >= 0.6 is 11.8 Å². The fourth-order valence-corrected chi connectivity index (χ4v) is 1.64. The molecule has 0 saturated carbocycles. The van der Waals surface area contributed by atoms with Crippen molar-refractivity contribution in [2.45, 2.75) is 11.1 Å². The van der Waals surface area contributed by atoms with Crippen molar-refractivity contribution in [1.82, 2.24) is 0 Å². The van der Waals surface area contributed by atoms with Gasteiger partial charge < -0.3 is 0 Å². The standard InChI is InChI=1S/C9H6F3NS/c1-14-8-4-6(5-13)2-3-7(8)9(10,11)12/h2-4H,1H3. The van der Waals surface area contributed by atoms with Gasteiger partial charge in [0.05, 0.1) is 17.2 Å². The Morgan fingerprint density at radius 3 is 2.43 bits per heavy atom. The second-order valence-electron chi connectivity index (χ2n) is 2.52. The minimum atomic E-state index is -4.35. The maximum absolute atomic E-state index is 12.4. The molecule has 0 aliphatic heterocycles. The fraction of sp³-hybridized carbons (Fsp3) is 0.222. The van der Waals surface area contributed by atoms with Gasteiger partial charge in [0.15, 0.2) is 0 Å². The fourth-order valence-electron chi connectivity index (χ4n) is 0.995. The first-order chi connectivity index (χ1) is 6.49. The van der Waals surface area contributed by atoms with Crippen LogP contribution in [0.4, 0.5) is 13.2 Å². The summed E-state index contributed by atoms with van der Waals surface area (Å²) in [5.74, 6) is 0. The first-order valence-electron chi connectivity index (χ1n) is 3.64. The van der Waals surface area contributed by atoms with Crippen LogP contribution in [0.3, 0.4) is 0 Å². The van der Waals surface area contributed by atoms with Crippen LogP contribution in [0.25, 0.3) is 0 Å². The lowest BCUT2D eigenvalue weighted by Crippen LogP contribution is -2.06. The monoisotopic (exact) mass is 217 g/mol. The minimum absolute atomic E-state index is 0.0801. The van der Waals surface area contributed by atoms with Crippen LogP contribution in [0.1, 0.15) is 11.1 Å². The predicted octanol–water partition coefficient (Wildman–Crippen LogP) is 3.30. The SMILES string of the molecule is CSc1cc(C#N)ccc1C(F)(F)F. The Morgan fingerprint density at radius 2 is 2.00 bits per heavy atom. The largest absolute Gasteiger partial charge is 0.417 e. The van der Waals surface area contributed by atoms with Gasteiger partial charge in [-0.15, -0.1) is 11.8 Å². The molecule has 1 nitrogen and oxygen atoms in total. The highest BCUT2D eigenvalue weighted by Gasteiger charge is 2.33. The minimum Gasteiger partial charge on any atom is -0.192 e. The third kappa shape index (κ3) is 2.20. The van der Waals surface area contributed by atoms with Gasteiger partial charge in [-0.25, -0.2) is 0 Å². The van der Waals surface area contributed by atoms with Gasteiger partial charge in [0, 0.05) is 4.90 Å². The van der Waals surface area contributed by atoms with Crippen LogP contribution in [0, 0.1) is 11.3 Å². The normalized spacial score (nSPS) is 11.1. The molecule has 0 amide bonds. The quantitative estimate of drug-likeness (QED) is 0.674. The van der Waals surface area contributed by atoms with Crippen molar-refractivity contribution in [2.75, 3.05) is 6.26 Å². The number of benzene rings is 1. The Morgan fingerprint density at radius 1 is 1.36 bits per heavy atom. The third-order valence-corrected chi connectivity index (χ3v) is 2.41. The molecule has 0 aromatic heterocycles. The first-order valence-corrected chi connectivity index (χ1v) is 4.87. The van der Waals surface area contributed by atoms with Crippen LogP contribution < -0.4 is 0 Å². The van der Waals surface area contributed by atoms with Crippen molar-refractivity contribution >= 4 is 11.8 Å². The van der Waals surface area contributed by atoms with Gasteiger partial charge in [-0.2, -0.15) is 18.4 Å². The number of halogens is 3. The average molecular weight is 217 g/mol. The van der Waals surface area contributed by atoms with Crippen LogP contribution in [-0.2, 0) is 6.18 Å². The highest BCUT2D eigenvalue weighted by Crippen LogP contribution is 2.36. The lowest BCUT2D eigenvalue weighted by Gasteiger charge is -2.10. The van der Waals surface area contributed by atoms with E-state index in [-0.39, 0.29) is 10.5 Å². The Bertz CT molecular complexity index is 379. The van der Waals surface area contributed by atoms with E-state index in [1.807, 2.05) is 0 Å². The van der Waals surface area contributed by atoms with Crippen molar-refractivity contribution in [2.24, 2.45) is 0 Å². The number of alkyl halides is 3. The van der Waals surface area contributed by atoms with E-state index in [4.69, 9.17) is 5.26 Å². The zero-order valence-corrected chi connectivity index (χ0v) is 8.04. The molecule has 0 saturated heterocycles. The first kappa shape index (κ1) is 10.9. The highest BCUT2D eigenvalue weighted by atomic mass is 32.2. The molecule has 0 radical (unpaired) electrons. The van der Waals surface area contributed by atoms with Crippen molar-refractivity contribution in [3.63, 3.8) is 0 Å². The molecule has 1 aromatic carbocycles. The summed E-state index contributed by atoms with van der Waals surface area (Å²) >= 11 is 0.981. The Hall–Kier alpha value is -1.15. The van der Waals surface area contributed by atoms with Gasteiger partial charge in [0.25, 0.3) is 0 Å². The van der Waals surface area contributed by atoms with E-state index in [1.54, 1.807) is 12.3 Å². The van der Waals surface area contributed by atoms with E-state index in [2.05, 4.69) is 0 Å². The van der Waals surface area contributed by atoms with E-state index in [0.29, 0.717) is 0 Å². The summed E-state index contributed by atoms with van der Waals surface area (Å²) in [5, 5.41) is 8.51.